The maximum atomic E-state index is 12.1. The Bertz CT molecular complexity index is 519. The molecule has 1 N–H and O–H groups in total. The van der Waals surface area contributed by atoms with Gasteiger partial charge in [0.15, 0.2) is 0 Å². The molecule has 94 valence electrons. The lowest BCUT2D eigenvalue weighted by atomic mass is 10.1. The topological polar surface area (TPSA) is 83.9 Å². The van der Waals surface area contributed by atoms with Crippen LogP contribution in [-0.2, 0) is 9.09 Å². The number of imide groups is 1. The zero-order valence-electron chi connectivity index (χ0n) is 9.78. The number of amides is 2. The third-order valence-electron chi connectivity index (χ3n) is 2.63. The van der Waals surface area contributed by atoms with Crippen LogP contribution in [0.5, 0.6) is 0 Å². The van der Waals surface area contributed by atoms with Gasteiger partial charge in [-0.15, -0.1) is 4.89 Å². The van der Waals surface area contributed by atoms with Crippen molar-refractivity contribution in [3.63, 3.8) is 0 Å². The number of hydrogen-bond acceptors (Lipinski definition) is 4. The zero-order chi connectivity index (χ0) is 13.5. The highest BCUT2D eigenvalue weighted by Crippen LogP contribution is 2.34. The van der Waals surface area contributed by atoms with E-state index < -0.39 is 25.8 Å². The molecule has 18 heavy (non-hydrogen) atoms. The van der Waals surface area contributed by atoms with Crippen molar-refractivity contribution in [3.05, 3.63) is 35.4 Å². The van der Waals surface area contributed by atoms with Gasteiger partial charge < -0.3 is 0 Å². The Morgan fingerprint density at radius 3 is 2.00 bits per heavy atom. The number of fused-ring (bicyclic) bond motifs is 1. The fourth-order valence-corrected chi connectivity index (χ4v) is 2.37. The molecular weight excluding hydrogens is 257 g/mol. The SMILES string of the molecule is CC(C)(O[P+](=O)O)N1C(=O)c2ccccc2C1=O. The van der Waals surface area contributed by atoms with Crippen LogP contribution in [0.3, 0.4) is 0 Å². The van der Waals surface area contributed by atoms with E-state index in [1.165, 1.54) is 26.0 Å². The van der Waals surface area contributed by atoms with Gasteiger partial charge in [0.05, 0.1) is 11.1 Å². The minimum absolute atomic E-state index is 0.271. The standard InChI is InChI=1S/C11H10NO5P/c1-11(2,17-18(15)16)12-9(13)7-5-3-4-6-8(7)10(12)14/h3-6H,1-2H3/p+1. The molecule has 0 aromatic heterocycles. The largest absolute Gasteiger partial charge is 0.697 e. The summed E-state index contributed by atoms with van der Waals surface area (Å²) in [6.07, 6.45) is 0. The number of benzene rings is 1. The fourth-order valence-electron chi connectivity index (χ4n) is 1.91. The molecule has 7 heteroatoms. The van der Waals surface area contributed by atoms with Crippen molar-refractivity contribution in [3.8, 4) is 0 Å². The van der Waals surface area contributed by atoms with E-state index in [-0.39, 0.29) is 11.1 Å². The van der Waals surface area contributed by atoms with Crippen molar-refractivity contribution < 1.29 is 23.6 Å². The summed E-state index contributed by atoms with van der Waals surface area (Å²) in [5.41, 5.74) is -0.935. The molecular formula is C11H11NO5P+. The minimum Gasteiger partial charge on any atom is -0.268 e. The van der Waals surface area contributed by atoms with Crippen LogP contribution in [0.4, 0.5) is 0 Å². The molecule has 1 aliphatic rings. The fraction of sp³-hybridized carbons (Fsp3) is 0.273. The number of hydrogen-bond donors (Lipinski definition) is 1. The van der Waals surface area contributed by atoms with Gasteiger partial charge in [-0.3, -0.25) is 9.59 Å². The second-order valence-electron chi connectivity index (χ2n) is 4.27. The van der Waals surface area contributed by atoms with Crippen LogP contribution in [0.2, 0.25) is 0 Å². The first kappa shape index (κ1) is 12.8. The van der Waals surface area contributed by atoms with Gasteiger partial charge >= 0.3 is 8.25 Å². The molecule has 0 saturated heterocycles. The summed E-state index contributed by atoms with van der Waals surface area (Å²) in [5.74, 6) is -1.06. The highest BCUT2D eigenvalue weighted by atomic mass is 31.1. The minimum atomic E-state index is -2.91. The van der Waals surface area contributed by atoms with Crippen LogP contribution >= 0.6 is 8.25 Å². The average molecular weight is 268 g/mol. The molecule has 1 atom stereocenters. The highest BCUT2D eigenvalue weighted by molar-refractivity contribution is 7.32. The summed E-state index contributed by atoms with van der Waals surface area (Å²) in [6, 6.07) is 6.36. The Morgan fingerprint density at radius 1 is 1.17 bits per heavy atom. The molecule has 0 saturated carbocycles. The molecule has 0 aliphatic carbocycles. The summed E-state index contributed by atoms with van der Waals surface area (Å²) < 4.78 is 15.5. The van der Waals surface area contributed by atoms with Crippen LogP contribution < -0.4 is 0 Å². The molecule has 0 spiro atoms. The molecule has 1 unspecified atom stereocenters. The molecule has 0 bridgehead atoms. The summed E-state index contributed by atoms with van der Waals surface area (Å²) >= 11 is 0. The van der Waals surface area contributed by atoms with Crippen LogP contribution in [0.1, 0.15) is 34.6 Å². The summed E-state index contributed by atoms with van der Waals surface area (Å²) in [6.45, 7) is 2.77. The first-order valence-corrected chi connectivity index (χ1v) is 6.31. The van der Waals surface area contributed by atoms with Gasteiger partial charge in [0, 0.05) is 4.57 Å². The molecule has 0 fully saturated rings. The van der Waals surface area contributed by atoms with E-state index >= 15 is 0 Å². The van der Waals surface area contributed by atoms with Crippen LogP contribution in [0, 0.1) is 0 Å². The van der Waals surface area contributed by atoms with Crippen molar-refractivity contribution in [2.24, 2.45) is 0 Å². The van der Waals surface area contributed by atoms with Gasteiger partial charge in [0.1, 0.15) is 0 Å². The predicted molar refractivity (Wildman–Crippen MR) is 61.9 cm³/mol. The van der Waals surface area contributed by atoms with Gasteiger partial charge in [-0.1, -0.05) is 16.7 Å². The maximum absolute atomic E-state index is 12.1. The Kier molecular flexibility index (Phi) is 3.02. The Hall–Kier alpha value is -1.62. The number of carbonyl (C=O) groups is 2. The normalized spacial score (nSPS) is 15.9. The van der Waals surface area contributed by atoms with Gasteiger partial charge in [0.25, 0.3) is 11.8 Å². The average Bonchev–Trinajstić information content (AvgIpc) is 2.51. The summed E-state index contributed by atoms with van der Waals surface area (Å²) in [4.78, 5) is 33.8. The predicted octanol–water partition coefficient (Wildman–Crippen LogP) is 1.69. The third kappa shape index (κ3) is 1.95. The van der Waals surface area contributed by atoms with Crippen molar-refractivity contribution in [2.75, 3.05) is 0 Å². The number of nitrogens with zero attached hydrogens (tertiary/aromatic N) is 1. The van der Waals surface area contributed by atoms with E-state index in [2.05, 4.69) is 0 Å². The van der Waals surface area contributed by atoms with E-state index in [1.54, 1.807) is 12.1 Å². The second kappa shape index (κ2) is 4.24. The first-order valence-electron chi connectivity index (χ1n) is 5.18. The molecule has 1 aromatic rings. The zero-order valence-corrected chi connectivity index (χ0v) is 10.7. The lowest BCUT2D eigenvalue weighted by Gasteiger charge is -2.27. The summed E-state index contributed by atoms with van der Waals surface area (Å²) in [7, 11) is -2.91. The van der Waals surface area contributed by atoms with Crippen LogP contribution in [0.15, 0.2) is 24.3 Å². The van der Waals surface area contributed by atoms with Crippen molar-refractivity contribution in [1.82, 2.24) is 4.90 Å². The van der Waals surface area contributed by atoms with Gasteiger partial charge in [-0.2, -0.15) is 0 Å². The van der Waals surface area contributed by atoms with Gasteiger partial charge in [-0.25, -0.2) is 4.90 Å². The van der Waals surface area contributed by atoms with Gasteiger partial charge in [0.2, 0.25) is 5.72 Å². The Balaban J connectivity index is 2.42. The number of carbonyl (C=O) groups excluding carboxylic acids is 2. The van der Waals surface area contributed by atoms with Crippen molar-refractivity contribution in [1.29, 1.82) is 0 Å². The molecule has 1 aliphatic heterocycles. The Labute approximate surface area is 104 Å². The second-order valence-corrected chi connectivity index (χ2v) is 4.93. The molecule has 1 aromatic carbocycles. The van der Waals surface area contributed by atoms with E-state index in [9.17, 15) is 14.2 Å². The van der Waals surface area contributed by atoms with Crippen LogP contribution in [0.25, 0.3) is 0 Å². The van der Waals surface area contributed by atoms with E-state index in [1.807, 2.05) is 0 Å². The molecule has 6 nitrogen and oxygen atoms in total. The third-order valence-corrected chi connectivity index (χ3v) is 3.24. The lowest BCUT2D eigenvalue weighted by Crippen LogP contribution is -2.48. The van der Waals surface area contributed by atoms with Gasteiger partial charge in [-0.05, 0) is 26.0 Å². The van der Waals surface area contributed by atoms with E-state index in [0.29, 0.717) is 0 Å². The van der Waals surface area contributed by atoms with E-state index in [0.717, 1.165) is 4.90 Å². The molecule has 1 heterocycles. The van der Waals surface area contributed by atoms with Crippen molar-refractivity contribution in [2.45, 2.75) is 19.6 Å². The lowest BCUT2D eigenvalue weighted by molar-refractivity contribution is -0.0239. The molecule has 0 radical (unpaired) electrons. The molecule has 2 amide bonds. The summed E-state index contributed by atoms with van der Waals surface area (Å²) in [5, 5.41) is 0. The Morgan fingerprint density at radius 2 is 1.61 bits per heavy atom. The highest BCUT2D eigenvalue weighted by Gasteiger charge is 2.48. The smallest absolute Gasteiger partial charge is 0.268 e. The monoisotopic (exact) mass is 268 g/mol. The number of rotatable bonds is 3. The maximum Gasteiger partial charge on any atom is 0.697 e. The van der Waals surface area contributed by atoms with Crippen molar-refractivity contribution >= 4 is 20.1 Å². The molecule has 2 rings (SSSR count). The van der Waals surface area contributed by atoms with E-state index in [4.69, 9.17) is 9.42 Å². The first-order chi connectivity index (χ1) is 8.34. The van der Waals surface area contributed by atoms with Crippen LogP contribution in [-0.4, -0.2) is 27.3 Å². The quantitative estimate of drug-likeness (QED) is 0.666.